The summed E-state index contributed by atoms with van der Waals surface area (Å²) in [7, 11) is 8.63. The van der Waals surface area contributed by atoms with E-state index in [1.54, 1.807) is 51.3 Å². The predicted molar refractivity (Wildman–Crippen MR) is 68.3 cm³/mol. The Morgan fingerprint density at radius 1 is 1.25 bits per heavy atom. The van der Waals surface area contributed by atoms with E-state index >= 15 is 0 Å². The van der Waals surface area contributed by atoms with E-state index in [0.29, 0.717) is 10.9 Å². The Kier molecular flexibility index (Phi) is 5.87. The van der Waals surface area contributed by atoms with Crippen LogP contribution in [-0.4, -0.2) is 61.3 Å². The second-order valence-corrected chi connectivity index (χ2v) is 4.25. The molecule has 0 aromatic heterocycles. The van der Waals surface area contributed by atoms with E-state index < -0.39 is 4.92 Å². The molecule has 0 aliphatic rings. The second kappa shape index (κ2) is 6.37. The molecule has 0 aliphatic heterocycles. The first kappa shape index (κ1) is 14.8. The Morgan fingerprint density at radius 3 is 1.88 bits per heavy atom. The van der Waals surface area contributed by atoms with Crippen molar-refractivity contribution in [3.63, 3.8) is 0 Å². The summed E-state index contributed by atoms with van der Waals surface area (Å²) in [6, 6.07) is 0. The molecule has 0 N–H and O–H groups in total. The summed E-state index contributed by atoms with van der Waals surface area (Å²) < 4.78 is 0. The van der Waals surface area contributed by atoms with Crippen LogP contribution in [0, 0.1) is 10.1 Å². The van der Waals surface area contributed by atoms with E-state index in [-0.39, 0.29) is 5.70 Å². The van der Waals surface area contributed by atoms with Crippen LogP contribution < -0.4 is 0 Å². The average molecular weight is 246 g/mol. The summed E-state index contributed by atoms with van der Waals surface area (Å²) >= 11 is 1.27. The maximum absolute atomic E-state index is 11.1. The summed E-state index contributed by atoms with van der Waals surface area (Å²) in [5.41, 5.74) is 0.0324. The van der Waals surface area contributed by atoms with E-state index in [9.17, 15) is 10.1 Å². The van der Waals surface area contributed by atoms with Crippen LogP contribution in [0.1, 0.15) is 0 Å². The minimum atomic E-state index is -0.395. The summed E-state index contributed by atoms with van der Waals surface area (Å²) in [6.07, 6.45) is 1.77. The van der Waals surface area contributed by atoms with Crippen LogP contribution in [-0.2, 0) is 0 Å². The number of thioether (sulfide) groups is 1. The molecule has 7 heteroatoms. The molecule has 0 rings (SSSR count). The first-order valence-electron chi connectivity index (χ1n) is 4.61. The lowest BCUT2D eigenvalue weighted by atomic mass is 10.4. The van der Waals surface area contributed by atoms with Crippen molar-refractivity contribution >= 4 is 16.8 Å². The van der Waals surface area contributed by atoms with Crippen LogP contribution in [0.3, 0.4) is 0 Å². The highest BCUT2D eigenvalue weighted by Crippen LogP contribution is 2.17. The van der Waals surface area contributed by atoms with Gasteiger partial charge in [0.25, 0.3) is 0 Å². The largest absolute Gasteiger partial charge is 0.359 e. The Morgan fingerprint density at radius 2 is 1.69 bits per heavy atom. The number of rotatable bonds is 4. The van der Waals surface area contributed by atoms with Crippen molar-refractivity contribution in [2.75, 3.05) is 41.5 Å². The molecule has 6 nitrogen and oxygen atoms in total. The van der Waals surface area contributed by atoms with Crippen LogP contribution >= 0.6 is 11.8 Å². The maximum atomic E-state index is 11.1. The van der Waals surface area contributed by atoms with E-state index in [2.05, 4.69) is 4.99 Å². The smallest absolute Gasteiger partial charge is 0.340 e. The molecule has 92 valence electrons. The molecule has 0 aromatic rings. The monoisotopic (exact) mass is 246 g/mol. The van der Waals surface area contributed by atoms with Crippen molar-refractivity contribution in [2.24, 2.45) is 4.99 Å². The van der Waals surface area contributed by atoms with Gasteiger partial charge < -0.3 is 9.80 Å². The van der Waals surface area contributed by atoms with Crippen molar-refractivity contribution < 1.29 is 4.92 Å². The van der Waals surface area contributed by atoms with Gasteiger partial charge in [0.1, 0.15) is 0 Å². The topological polar surface area (TPSA) is 62.0 Å². The zero-order valence-electron chi connectivity index (χ0n) is 10.5. The summed E-state index contributed by atoms with van der Waals surface area (Å²) in [4.78, 5) is 18.1. The molecular formula is C9H18N4O2S. The number of nitro groups is 1. The van der Waals surface area contributed by atoms with Gasteiger partial charge in [-0.2, -0.15) is 0 Å². The number of aliphatic imine (C=N–C) groups is 1. The van der Waals surface area contributed by atoms with Crippen LogP contribution in [0.25, 0.3) is 0 Å². The van der Waals surface area contributed by atoms with Gasteiger partial charge in [0.2, 0.25) is 0 Å². The molecule has 0 atom stereocenters. The third-order valence-corrected chi connectivity index (χ3v) is 2.60. The summed E-state index contributed by atoms with van der Waals surface area (Å²) in [6.45, 7) is 0. The maximum Gasteiger partial charge on any atom is 0.340 e. The predicted octanol–water partition coefficient (Wildman–Crippen LogP) is 0.947. The molecular weight excluding hydrogens is 228 g/mol. The normalized spacial score (nSPS) is 11.0. The molecule has 0 unspecified atom stereocenters. The Hall–Kier alpha value is -1.24. The minimum Gasteiger partial charge on any atom is -0.359 e. The number of nitrogens with zero attached hydrogens (tertiary/aromatic N) is 4. The summed E-state index contributed by atoms with van der Waals surface area (Å²) in [5, 5.41) is 11.5. The average Bonchev–Trinajstić information content (AvgIpc) is 2.16. The molecule has 0 aliphatic carbocycles. The number of hydrogen-bond acceptors (Lipinski definition) is 6. The first-order valence-corrected chi connectivity index (χ1v) is 5.83. The molecule has 16 heavy (non-hydrogen) atoms. The number of hydrogen-bond donors (Lipinski definition) is 0. The lowest BCUT2D eigenvalue weighted by Crippen LogP contribution is -2.30. The van der Waals surface area contributed by atoms with Crippen molar-refractivity contribution in [1.82, 2.24) is 9.80 Å². The highest BCUT2D eigenvalue weighted by molar-refractivity contribution is 8.13. The highest BCUT2D eigenvalue weighted by Gasteiger charge is 2.27. The molecule has 0 spiro atoms. The van der Waals surface area contributed by atoms with Gasteiger partial charge in [0, 0.05) is 35.2 Å². The third-order valence-electron chi connectivity index (χ3n) is 1.84. The Labute approximate surface area is 100 Å². The van der Waals surface area contributed by atoms with Crippen molar-refractivity contribution in [3.8, 4) is 0 Å². The lowest BCUT2D eigenvalue weighted by Gasteiger charge is -2.24. The molecule has 0 saturated carbocycles. The van der Waals surface area contributed by atoms with Gasteiger partial charge in [0.05, 0.1) is 4.92 Å². The van der Waals surface area contributed by atoms with Gasteiger partial charge in [-0.3, -0.25) is 15.1 Å². The first-order chi connectivity index (χ1) is 7.36. The molecule has 0 radical (unpaired) electrons. The fourth-order valence-corrected chi connectivity index (χ4v) is 1.91. The van der Waals surface area contributed by atoms with E-state index in [1.165, 1.54) is 11.8 Å². The zero-order valence-corrected chi connectivity index (χ0v) is 11.3. The van der Waals surface area contributed by atoms with Crippen molar-refractivity contribution in [1.29, 1.82) is 0 Å². The van der Waals surface area contributed by atoms with E-state index in [1.807, 2.05) is 0 Å². The molecule has 0 fully saturated rings. The van der Waals surface area contributed by atoms with Gasteiger partial charge >= 0.3 is 5.70 Å². The van der Waals surface area contributed by atoms with E-state index in [4.69, 9.17) is 0 Å². The van der Waals surface area contributed by atoms with E-state index in [0.717, 1.165) is 0 Å². The van der Waals surface area contributed by atoms with Gasteiger partial charge in [-0.25, -0.2) is 0 Å². The van der Waals surface area contributed by atoms with Crippen LogP contribution in [0.4, 0.5) is 0 Å². The lowest BCUT2D eigenvalue weighted by molar-refractivity contribution is -0.417. The molecule has 0 bridgehead atoms. The van der Waals surface area contributed by atoms with Gasteiger partial charge in [-0.1, -0.05) is 0 Å². The minimum absolute atomic E-state index is 0.0324. The molecule has 0 aromatic carbocycles. The fourth-order valence-electron chi connectivity index (χ4n) is 1.37. The van der Waals surface area contributed by atoms with Crippen LogP contribution in [0.15, 0.2) is 16.5 Å². The standard InChI is InChI=1S/C9H18N4O2S/c1-10-8(16-6)7(13(14)15)9(11(2)3)12(4)5/h1-6H3. The van der Waals surface area contributed by atoms with Gasteiger partial charge in [0.15, 0.2) is 10.9 Å². The van der Waals surface area contributed by atoms with Crippen molar-refractivity contribution in [2.45, 2.75) is 0 Å². The third kappa shape index (κ3) is 3.41. The summed E-state index contributed by atoms with van der Waals surface area (Å²) in [5.74, 6) is 0.528. The Balaban J connectivity index is 5.78. The van der Waals surface area contributed by atoms with Crippen LogP contribution in [0.2, 0.25) is 0 Å². The van der Waals surface area contributed by atoms with Crippen LogP contribution in [0.5, 0.6) is 0 Å². The molecule has 0 saturated heterocycles. The van der Waals surface area contributed by atoms with Gasteiger partial charge in [-0.15, -0.1) is 11.8 Å². The SMILES string of the molecule is CN=C(SC)C(=C(N(C)C)N(C)C)[N+](=O)[O-]. The quantitative estimate of drug-likeness (QED) is 0.320. The zero-order chi connectivity index (χ0) is 12.9. The Bertz CT molecular complexity index is 313. The molecule has 0 heterocycles. The van der Waals surface area contributed by atoms with Gasteiger partial charge in [-0.05, 0) is 6.26 Å². The highest BCUT2D eigenvalue weighted by atomic mass is 32.2. The fraction of sp³-hybridized carbons (Fsp3) is 0.667. The molecule has 0 amide bonds. The van der Waals surface area contributed by atoms with Crippen molar-refractivity contribution in [3.05, 3.63) is 21.6 Å². The second-order valence-electron chi connectivity index (χ2n) is 3.45.